The molecule has 3 N–H and O–H groups in total. The van der Waals surface area contributed by atoms with Crippen LogP contribution in [0.5, 0.6) is 0 Å². The summed E-state index contributed by atoms with van der Waals surface area (Å²) in [5.41, 5.74) is 1.11. The maximum absolute atomic E-state index is 13.0. The largest absolute Gasteiger partial charge is 0.384 e. The number of hydrogen-bond donors (Lipinski definition) is 3. The van der Waals surface area contributed by atoms with Crippen molar-refractivity contribution in [2.24, 2.45) is 0 Å². The Morgan fingerprint density at radius 1 is 1.09 bits per heavy atom. The second-order valence-electron chi connectivity index (χ2n) is 8.21. The third-order valence-electron chi connectivity index (χ3n) is 5.81. The van der Waals surface area contributed by atoms with Gasteiger partial charge in [-0.3, -0.25) is 34.2 Å². The number of rotatable bonds is 12. The Labute approximate surface area is 193 Å². The molecule has 5 amide bonds. The maximum atomic E-state index is 13.0. The summed E-state index contributed by atoms with van der Waals surface area (Å²) < 4.78 is 0. The van der Waals surface area contributed by atoms with Crippen LogP contribution in [0.2, 0.25) is 0 Å². The highest BCUT2D eigenvalue weighted by atomic mass is 16.2. The van der Waals surface area contributed by atoms with Crippen LogP contribution in [0.1, 0.15) is 72.1 Å². The number of imide groups is 2. The second-order valence-corrected chi connectivity index (χ2v) is 8.21. The molecule has 0 aromatic heterocycles. The number of nitrogens with one attached hydrogen (secondary N) is 3. The number of fused-ring (bicyclic) bond motifs is 1. The van der Waals surface area contributed by atoms with E-state index in [9.17, 15) is 24.0 Å². The van der Waals surface area contributed by atoms with Crippen LogP contribution in [0.15, 0.2) is 30.9 Å². The van der Waals surface area contributed by atoms with Crippen molar-refractivity contribution in [3.63, 3.8) is 0 Å². The van der Waals surface area contributed by atoms with E-state index >= 15 is 0 Å². The van der Waals surface area contributed by atoms with Crippen molar-refractivity contribution in [2.45, 2.75) is 57.4 Å². The van der Waals surface area contributed by atoms with Crippen molar-refractivity contribution < 1.29 is 24.0 Å². The number of benzene rings is 1. The number of carbonyl (C=O) groups excluding carboxylic acids is 5. The van der Waals surface area contributed by atoms with E-state index < -0.39 is 29.7 Å². The van der Waals surface area contributed by atoms with E-state index in [2.05, 4.69) is 22.5 Å². The van der Waals surface area contributed by atoms with Crippen molar-refractivity contribution in [2.75, 3.05) is 18.4 Å². The molecule has 9 heteroatoms. The molecule has 1 aromatic carbocycles. The standard InChI is InChI=1S/C24H30N4O5/c1-2-14-26-19(29)11-6-4-3-5-7-15-25-17-10-8-9-16-21(17)24(33)28(23(16)32)18-12-13-20(30)27-22(18)31/h2,8-10,18,25H,1,3-7,11-15H2,(H,26,29)(H,27,30,31). The van der Waals surface area contributed by atoms with Crippen LogP contribution in [0.25, 0.3) is 0 Å². The van der Waals surface area contributed by atoms with Gasteiger partial charge in [-0.05, 0) is 31.4 Å². The molecule has 2 aliphatic rings. The van der Waals surface area contributed by atoms with Crippen LogP contribution in [-0.4, -0.2) is 53.6 Å². The molecule has 2 heterocycles. The second kappa shape index (κ2) is 11.4. The van der Waals surface area contributed by atoms with E-state index in [0.717, 1.165) is 37.0 Å². The zero-order valence-corrected chi connectivity index (χ0v) is 18.7. The minimum Gasteiger partial charge on any atom is -0.384 e. The third kappa shape index (κ3) is 5.85. The van der Waals surface area contributed by atoms with Crippen LogP contribution in [-0.2, 0) is 14.4 Å². The predicted molar refractivity (Wildman–Crippen MR) is 123 cm³/mol. The molecule has 1 aromatic rings. The molecule has 33 heavy (non-hydrogen) atoms. The first-order chi connectivity index (χ1) is 15.9. The smallest absolute Gasteiger partial charge is 0.264 e. The Kier molecular flexibility index (Phi) is 8.34. The fraction of sp³-hybridized carbons (Fsp3) is 0.458. The number of unbranched alkanes of at least 4 members (excludes halogenated alkanes) is 4. The molecule has 0 aliphatic carbocycles. The summed E-state index contributed by atoms with van der Waals surface area (Å²) in [5, 5.41) is 8.20. The van der Waals surface area contributed by atoms with Crippen molar-refractivity contribution in [3.8, 4) is 0 Å². The Morgan fingerprint density at radius 3 is 2.61 bits per heavy atom. The normalized spacial score (nSPS) is 17.6. The minimum atomic E-state index is -0.971. The van der Waals surface area contributed by atoms with Gasteiger partial charge in [0.1, 0.15) is 6.04 Å². The van der Waals surface area contributed by atoms with E-state index in [1.54, 1.807) is 24.3 Å². The quantitative estimate of drug-likeness (QED) is 0.252. The molecular weight excluding hydrogens is 424 g/mol. The lowest BCUT2D eigenvalue weighted by Gasteiger charge is -2.27. The van der Waals surface area contributed by atoms with Crippen molar-refractivity contribution in [1.82, 2.24) is 15.5 Å². The number of hydrogen-bond acceptors (Lipinski definition) is 6. The third-order valence-corrected chi connectivity index (χ3v) is 5.81. The van der Waals surface area contributed by atoms with Crippen LogP contribution in [0.3, 0.4) is 0 Å². The summed E-state index contributed by atoms with van der Waals surface area (Å²) in [6.45, 7) is 4.69. The summed E-state index contributed by atoms with van der Waals surface area (Å²) in [4.78, 5) is 62.0. The summed E-state index contributed by atoms with van der Waals surface area (Å²) >= 11 is 0. The molecule has 1 fully saturated rings. The Morgan fingerprint density at radius 2 is 1.85 bits per heavy atom. The highest BCUT2D eigenvalue weighted by Crippen LogP contribution is 2.32. The van der Waals surface area contributed by atoms with E-state index in [-0.39, 0.29) is 29.9 Å². The molecule has 0 radical (unpaired) electrons. The highest BCUT2D eigenvalue weighted by molar-refractivity contribution is 6.25. The lowest BCUT2D eigenvalue weighted by atomic mass is 10.0. The van der Waals surface area contributed by atoms with Crippen LogP contribution in [0.4, 0.5) is 5.69 Å². The molecule has 1 unspecified atom stereocenters. The number of piperidine rings is 1. The van der Waals surface area contributed by atoms with Crippen molar-refractivity contribution in [1.29, 1.82) is 0 Å². The average molecular weight is 455 g/mol. The average Bonchev–Trinajstić information content (AvgIpc) is 3.05. The van der Waals surface area contributed by atoms with Crippen molar-refractivity contribution >= 4 is 35.2 Å². The zero-order chi connectivity index (χ0) is 23.8. The first-order valence-electron chi connectivity index (χ1n) is 11.4. The Bertz CT molecular complexity index is 958. The van der Waals surface area contributed by atoms with Gasteiger partial charge >= 0.3 is 0 Å². The number of carbonyl (C=O) groups is 5. The monoisotopic (exact) mass is 454 g/mol. The lowest BCUT2D eigenvalue weighted by molar-refractivity contribution is -0.136. The Balaban J connectivity index is 1.47. The van der Waals surface area contributed by atoms with Crippen LogP contribution in [0, 0.1) is 0 Å². The first-order valence-corrected chi connectivity index (χ1v) is 11.4. The van der Waals surface area contributed by atoms with Gasteiger partial charge in [0.15, 0.2) is 0 Å². The Hall–Kier alpha value is -3.49. The van der Waals surface area contributed by atoms with Gasteiger partial charge in [-0.1, -0.05) is 31.4 Å². The van der Waals surface area contributed by atoms with Gasteiger partial charge in [0.2, 0.25) is 17.7 Å². The summed E-state index contributed by atoms with van der Waals surface area (Å²) in [5.74, 6) is -1.99. The lowest BCUT2D eigenvalue weighted by Crippen LogP contribution is -2.54. The molecule has 1 saturated heterocycles. The molecule has 0 spiro atoms. The van der Waals surface area contributed by atoms with Gasteiger partial charge in [-0.15, -0.1) is 6.58 Å². The van der Waals surface area contributed by atoms with Crippen molar-refractivity contribution in [3.05, 3.63) is 42.0 Å². The molecule has 176 valence electrons. The van der Waals surface area contributed by atoms with E-state index in [1.807, 2.05) is 0 Å². The van der Waals surface area contributed by atoms with Crippen LogP contribution < -0.4 is 16.0 Å². The van der Waals surface area contributed by atoms with Gasteiger partial charge in [0.05, 0.1) is 11.1 Å². The highest BCUT2D eigenvalue weighted by Gasteiger charge is 2.45. The van der Waals surface area contributed by atoms with Gasteiger partial charge in [0, 0.05) is 31.6 Å². The van der Waals surface area contributed by atoms with E-state index in [4.69, 9.17) is 0 Å². The molecule has 0 bridgehead atoms. The molecule has 3 rings (SSSR count). The molecule has 9 nitrogen and oxygen atoms in total. The number of anilines is 1. The predicted octanol–water partition coefficient (Wildman–Crippen LogP) is 2.14. The zero-order valence-electron chi connectivity index (χ0n) is 18.7. The molecular formula is C24H30N4O5. The first kappa shape index (κ1) is 24.2. The van der Waals surface area contributed by atoms with Gasteiger partial charge in [0.25, 0.3) is 11.8 Å². The fourth-order valence-corrected chi connectivity index (χ4v) is 4.10. The number of amides is 5. The minimum absolute atomic E-state index is 0.0417. The van der Waals surface area contributed by atoms with E-state index in [0.29, 0.717) is 25.2 Å². The molecule has 2 aliphatic heterocycles. The van der Waals surface area contributed by atoms with Gasteiger partial charge < -0.3 is 10.6 Å². The topological polar surface area (TPSA) is 125 Å². The SMILES string of the molecule is C=CCNC(=O)CCCCCCCNc1cccc2c1C(=O)N(C1CCC(=O)NC1=O)C2=O. The van der Waals surface area contributed by atoms with Gasteiger partial charge in [-0.2, -0.15) is 0 Å². The molecule has 1 atom stereocenters. The van der Waals surface area contributed by atoms with Gasteiger partial charge in [-0.25, -0.2) is 0 Å². The summed E-state index contributed by atoms with van der Waals surface area (Å²) in [6.07, 6.45) is 7.07. The van der Waals surface area contributed by atoms with E-state index in [1.165, 1.54) is 0 Å². The summed E-state index contributed by atoms with van der Waals surface area (Å²) in [6, 6.07) is 4.07. The summed E-state index contributed by atoms with van der Waals surface area (Å²) in [7, 11) is 0. The molecule has 0 saturated carbocycles. The van der Waals surface area contributed by atoms with Crippen LogP contribution >= 0.6 is 0 Å². The fourth-order valence-electron chi connectivity index (χ4n) is 4.10. The maximum Gasteiger partial charge on any atom is 0.264 e. The number of nitrogens with zero attached hydrogens (tertiary/aromatic N) is 1.